The Morgan fingerprint density at radius 3 is 2.80 bits per heavy atom. The van der Waals surface area contributed by atoms with Gasteiger partial charge >= 0.3 is 0 Å². The minimum absolute atomic E-state index is 0. The van der Waals surface area contributed by atoms with E-state index in [1.807, 2.05) is 18.2 Å². The van der Waals surface area contributed by atoms with Crippen LogP contribution in [-0.2, 0) is 11.2 Å². The van der Waals surface area contributed by atoms with Crippen LogP contribution >= 0.6 is 24.8 Å². The number of pyridine rings is 1. The smallest absolute Gasteiger partial charge is 0.223 e. The van der Waals surface area contributed by atoms with Gasteiger partial charge in [-0.1, -0.05) is 12.5 Å². The van der Waals surface area contributed by atoms with Crippen LogP contribution in [0.15, 0.2) is 24.4 Å². The lowest BCUT2D eigenvalue weighted by Crippen LogP contribution is -2.38. The summed E-state index contributed by atoms with van der Waals surface area (Å²) in [4.78, 5) is 16.2. The van der Waals surface area contributed by atoms with Crippen LogP contribution in [-0.4, -0.2) is 23.5 Å². The van der Waals surface area contributed by atoms with Crippen LogP contribution in [0.5, 0.6) is 0 Å². The molecule has 2 atom stereocenters. The highest BCUT2D eigenvalue weighted by Crippen LogP contribution is 2.22. The molecule has 1 saturated carbocycles. The molecule has 1 amide bonds. The number of rotatable bonds is 4. The van der Waals surface area contributed by atoms with E-state index in [0.717, 1.165) is 37.8 Å². The molecule has 1 aliphatic carbocycles. The van der Waals surface area contributed by atoms with Crippen LogP contribution in [0, 0.1) is 5.92 Å². The van der Waals surface area contributed by atoms with Gasteiger partial charge in [-0.15, -0.1) is 24.8 Å². The van der Waals surface area contributed by atoms with E-state index in [1.165, 1.54) is 0 Å². The number of carbonyl (C=O) groups excluding carboxylic acids is 1. The SMILES string of the molecule is Cl.Cl.NC1CCCC(C(=O)NCCc2ccccn2)C1. The Labute approximate surface area is 132 Å². The quantitative estimate of drug-likeness (QED) is 0.893. The number of nitrogens with one attached hydrogen (secondary N) is 1. The normalized spacial score (nSPS) is 21.2. The van der Waals surface area contributed by atoms with E-state index in [1.54, 1.807) is 6.20 Å². The van der Waals surface area contributed by atoms with Gasteiger partial charge in [-0.3, -0.25) is 9.78 Å². The maximum atomic E-state index is 11.9. The maximum absolute atomic E-state index is 11.9. The van der Waals surface area contributed by atoms with Crippen molar-refractivity contribution in [1.29, 1.82) is 0 Å². The average Bonchev–Trinajstić information content (AvgIpc) is 2.40. The zero-order valence-corrected chi connectivity index (χ0v) is 13.1. The number of aromatic nitrogens is 1. The van der Waals surface area contributed by atoms with Crippen molar-refractivity contribution in [3.8, 4) is 0 Å². The monoisotopic (exact) mass is 319 g/mol. The number of nitrogens with zero attached hydrogens (tertiary/aromatic N) is 1. The molecule has 0 saturated heterocycles. The van der Waals surface area contributed by atoms with Gasteiger partial charge in [0.15, 0.2) is 0 Å². The summed E-state index contributed by atoms with van der Waals surface area (Å²) in [5.74, 6) is 0.263. The van der Waals surface area contributed by atoms with E-state index >= 15 is 0 Å². The Kier molecular flexibility index (Phi) is 9.55. The summed E-state index contributed by atoms with van der Waals surface area (Å²) >= 11 is 0. The van der Waals surface area contributed by atoms with Gasteiger partial charge in [0.05, 0.1) is 0 Å². The summed E-state index contributed by atoms with van der Waals surface area (Å²) in [5, 5.41) is 2.99. The lowest BCUT2D eigenvalue weighted by molar-refractivity contribution is -0.126. The first-order valence-electron chi connectivity index (χ1n) is 6.69. The first kappa shape index (κ1) is 19.2. The fourth-order valence-electron chi connectivity index (χ4n) is 2.47. The van der Waals surface area contributed by atoms with Gasteiger partial charge in [0.25, 0.3) is 0 Å². The van der Waals surface area contributed by atoms with Crippen molar-refractivity contribution in [1.82, 2.24) is 10.3 Å². The van der Waals surface area contributed by atoms with Crippen LogP contribution in [0.25, 0.3) is 0 Å². The van der Waals surface area contributed by atoms with Crippen LogP contribution in [0.4, 0.5) is 0 Å². The van der Waals surface area contributed by atoms with Gasteiger partial charge in [0.2, 0.25) is 5.91 Å². The Hall–Kier alpha value is -0.840. The highest BCUT2D eigenvalue weighted by molar-refractivity contribution is 5.85. The molecule has 0 radical (unpaired) electrons. The number of hydrogen-bond donors (Lipinski definition) is 2. The van der Waals surface area contributed by atoms with Crippen molar-refractivity contribution in [3.63, 3.8) is 0 Å². The third kappa shape index (κ3) is 6.07. The molecular weight excluding hydrogens is 297 g/mol. The molecule has 1 fully saturated rings. The van der Waals surface area contributed by atoms with Gasteiger partial charge in [-0.05, 0) is 31.4 Å². The van der Waals surface area contributed by atoms with E-state index in [-0.39, 0.29) is 42.7 Å². The lowest BCUT2D eigenvalue weighted by atomic mass is 9.85. The fourth-order valence-corrected chi connectivity index (χ4v) is 2.47. The Morgan fingerprint density at radius 2 is 2.15 bits per heavy atom. The molecule has 0 bridgehead atoms. The van der Waals surface area contributed by atoms with Gasteiger partial charge in [-0.25, -0.2) is 0 Å². The third-order valence-corrected chi connectivity index (χ3v) is 3.49. The summed E-state index contributed by atoms with van der Waals surface area (Å²) in [7, 11) is 0. The predicted octanol–water partition coefficient (Wildman–Crippen LogP) is 2.10. The van der Waals surface area contributed by atoms with Gasteiger partial charge in [-0.2, -0.15) is 0 Å². The van der Waals surface area contributed by atoms with E-state index in [9.17, 15) is 4.79 Å². The highest BCUT2D eigenvalue weighted by atomic mass is 35.5. The zero-order chi connectivity index (χ0) is 12.8. The molecule has 4 nitrogen and oxygen atoms in total. The minimum atomic E-state index is 0. The summed E-state index contributed by atoms with van der Waals surface area (Å²) in [6, 6.07) is 6.03. The molecule has 20 heavy (non-hydrogen) atoms. The molecule has 0 aromatic carbocycles. The Morgan fingerprint density at radius 1 is 1.35 bits per heavy atom. The van der Waals surface area contributed by atoms with Crippen LogP contribution in [0.2, 0.25) is 0 Å². The number of nitrogens with two attached hydrogens (primary N) is 1. The van der Waals surface area contributed by atoms with Crippen molar-refractivity contribution in [2.45, 2.75) is 38.1 Å². The first-order valence-corrected chi connectivity index (χ1v) is 6.69. The van der Waals surface area contributed by atoms with Crippen molar-refractivity contribution in [3.05, 3.63) is 30.1 Å². The molecule has 2 unspecified atom stereocenters. The van der Waals surface area contributed by atoms with Crippen molar-refractivity contribution in [2.75, 3.05) is 6.54 Å². The molecular formula is C14H23Cl2N3O. The van der Waals surface area contributed by atoms with E-state index in [0.29, 0.717) is 6.54 Å². The van der Waals surface area contributed by atoms with E-state index in [4.69, 9.17) is 5.73 Å². The molecule has 0 spiro atoms. The molecule has 6 heteroatoms. The largest absolute Gasteiger partial charge is 0.355 e. The van der Waals surface area contributed by atoms with E-state index < -0.39 is 0 Å². The first-order chi connectivity index (χ1) is 8.75. The summed E-state index contributed by atoms with van der Waals surface area (Å²) in [6.45, 7) is 0.654. The second-order valence-corrected chi connectivity index (χ2v) is 4.99. The summed E-state index contributed by atoms with van der Waals surface area (Å²) in [6.07, 6.45) is 6.48. The highest BCUT2D eigenvalue weighted by Gasteiger charge is 2.24. The number of amides is 1. The number of halogens is 2. The second-order valence-electron chi connectivity index (χ2n) is 4.99. The van der Waals surface area contributed by atoms with Crippen molar-refractivity contribution in [2.24, 2.45) is 11.7 Å². The summed E-state index contributed by atoms with van der Waals surface area (Å²) in [5.41, 5.74) is 6.90. The van der Waals surface area contributed by atoms with Crippen molar-refractivity contribution >= 4 is 30.7 Å². The van der Waals surface area contributed by atoms with Crippen LogP contribution in [0.1, 0.15) is 31.4 Å². The topological polar surface area (TPSA) is 68.0 Å². The zero-order valence-electron chi connectivity index (χ0n) is 11.5. The van der Waals surface area contributed by atoms with Crippen molar-refractivity contribution < 1.29 is 4.79 Å². The fraction of sp³-hybridized carbons (Fsp3) is 0.571. The average molecular weight is 320 g/mol. The molecule has 0 aliphatic heterocycles. The Balaban J connectivity index is 0.00000180. The molecule has 3 N–H and O–H groups in total. The molecule has 1 aromatic heterocycles. The number of carbonyl (C=O) groups is 1. The predicted molar refractivity (Wildman–Crippen MR) is 85.4 cm³/mol. The molecule has 2 rings (SSSR count). The molecule has 1 heterocycles. The standard InChI is InChI=1S/C14H21N3O.2ClH/c15-12-5-3-4-11(10-12)14(18)17-9-7-13-6-1-2-8-16-13;;/h1-2,6,8,11-12H,3-5,7,9-10,15H2,(H,17,18);2*1H. The lowest BCUT2D eigenvalue weighted by Gasteiger charge is -2.25. The van der Waals surface area contributed by atoms with Gasteiger partial charge in [0.1, 0.15) is 0 Å². The molecule has 1 aliphatic rings. The third-order valence-electron chi connectivity index (χ3n) is 3.49. The van der Waals surface area contributed by atoms with Gasteiger partial charge in [0, 0.05) is 36.8 Å². The molecule has 1 aromatic rings. The van der Waals surface area contributed by atoms with Crippen LogP contribution in [0.3, 0.4) is 0 Å². The molecule has 114 valence electrons. The Bertz CT molecular complexity index is 389. The second kappa shape index (κ2) is 9.97. The van der Waals surface area contributed by atoms with Gasteiger partial charge < -0.3 is 11.1 Å². The summed E-state index contributed by atoms with van der Waals surface area (Å²) < 4.78 is 0. The van der Waals surface area contributed by atoms with E-state index in [2.05, 4.69) is 10.3 Å². The van der Waals surface area contributed by atoms with Crippen LogP contribution < -0.4 is 11.1 Å². The minimum Gasteiger partial charge on any atom is -0.355 e. The maximum Gasteiger partial charge on any atom is 0.223 e. The number of hydrogen-bond acceptors (Lipinski definition) is 3.